The molecule has 1 unspecified atom stereocenters. The lowest BCUT2D eigenvalue weighted by Gasteiger charge is -2.28. The number of ether oxygens (including phenoxy) is 1. The van der Waals surface area contributed by atoms with Gasteiger partial charge in [0.1, 0.15) is 11.3 Å². The van der Waals surface area contributed by atoms with Gasteiger partial charge in [-0.25, -0.2) is 4.99 Å². The molecule has 3 aliphatic heterocycles. The number of carbonyl (C=O) groups is 3. The number of aromatic nitrogens is 1. The largest absolute Gasteiger partial charge is 0.378 e. The monoisotopic (exact) mass is 742 g/mol. The molecule has 4 heterocycles. The van der Waals surface area contributed by atoms with Gasteiger partial charge in [-0.2, -0.15) is 0 Å². The summed E-state index contributed by atoms with van der Waals surface area (Å²) in [6.45, 7) is 3.89. The van der Waals surface area contributed by atoms with Crippen LogP contribution in [0.1, 0.15) is 34.9 Å². The number of nitrogens with one attached hydrogen (secondary N) is 1. The predicted octanol–water partition coefficient (Wildman–Crippen LogP) is 6.90. The molecule has 4 aromatic rings. The van der Waals surface area contributed by atoms with Crippen LogP contribution >= 0.6 is 35.0 Å². The molecule has 3 aliphatic rings. The molecule has 10 nitrogen and oxygen atoms in total. The first-order chi connectivity index (χ1) is 24.8. The molecule has 0 aliphatic carbocycles. The minimum Gasteiger partial charge on any atom is -0.378 e. The third kappa shape index (κ3) is 8.07. The highest BCUT2D eigenvalue weighted by Gasteiger charge is 2.39. The number of aliphatic imine (C=N–C) groups is 1. The summed E-state index contributed by atoms with van der Waals surface area (Å²) in [5.74, 6) is -0.554. The molecule has 262 valence electrons. The summed E-state index contributed by atoms with van der Waals surface area (Å²) in [5, 5.41) is 3.88. The number of rotatable bonds is 9. The highest BCUT2D eigenvalue weighted by molar-refractivity contribution is 8.15. The number of thioether (sulfide) groups is 1. The van der Waals surface area contributed by atoms with E-state index in [2.05, 4.69) is 27.3 Å². The standard InChI is InChI=1S/C38H36Cl2N6O4S/c39-31-6-3-7-32(40)30(31)23-34(47)45-18-4-8-33(45)36(48)42-26-11-9-25(10-12-26)35-37(49)46(24-28-5-1-2-17-41-28)38(51-35)43-27-13-15-29(16-14-27)44-19-21-50-22-20-44/h1-3,5-7,9-17,33,35H,4,8,18-24H2,(H,42,48)/t33-,35?/m1/s1. The lowest BCUT2D eigenvalue weighted by atomic mass is 10.1. The fourth-order valence-corrected chi connectivity index (χ4v) is 8.18. The maximum Gasteiger partial charge on any atom is 0.247 e. The van der Waals surface area contributed by atoms with Crippen molar-refractivity contribution in [1.82, 2.24) is 14.8 Å². The van der Waals surface area contributed by atoms with Crippen molar-refractivity contribution in [2.75, 3.05) is 43.1 Å². The summed E-state index contributed by atoms with van der Waals surface area (Å²) in [7, 11) is 0. The van der Waals surface area contributed by atoms with Crippen LogP contribution in [0.4, 0.5) is 17.1 Å². The summed E-state index contributed by atoms with van der Waals surface area (Å²) in [5.41, 5.74) is 4.54. The Hall–Kier alpha value is -4.42. The fraction of sp³-hybridized carbons (Fsp3) is 0.289. The van der Waals surface area contributed by atoms with E-state index in [1.54, 1.807) is 46.3 Å². The number of hydrogen-bond donors (Lipinski definition) is 1. The van der Waals surface area contributed by atoms with Crippen molar-refractivity contribution in [2.45, 2.75) is 37.1 Å². The van der Waals surface area contributed by atoms with Crippen molar-refractivity contribution in [3.8, 4) is 0 Å². The number of anilines is 2. The number of benzene rings is 3. The molecule has 0 spiro atoms. The van der Waals surface area contributed by atoms with Crippen LogP contribution in [-0.4, -0.2) is 76.6 Å². The van der Waals surface area contributed by atoms with Gasteiger partial charge in [-0.1, -0.05) is 59.2 Å². The summed E-state index contributed by atoms with van der Waals surface area (Å²) in [6, 6.07) is 25.5. The number of amides is 3. The number of pyridine rings is 1. The summed E-state index contributed by atoms with van der Waals surface area (Å²) in [4.78, 5) is 55.5. The van der Waals surface area contributed by atoms with Gasteiger partial charge >= 0.3 is 0 Å². The van der Waals surface area contributed by atoms with Crippen LogP contribution in [0.25, 0.3) is 0 Å². The lowest BCUT2D eigenvalue weighted by Crippen LogP contribution is -2.43. The van der Waals surface area contributed by atoms with Gasteiger partial charge in [-0.15, -0.1) is 0 Å². The second-order valence-electron chi connectivity index (χ2n) is 12.5. The van der Waals surface area contributed by atoms with Gasteiger partial charge in [0, 0.05) is 47.3 Å². The third-order valence-electron chi connectivity index (χ3n) is 9.19. The Bertz CT molecular complexity index is 1900. The zero-order chi connectivity index (χ0) is 35.3. The Morgan fingerprint density at radius 1 is 0.922 bits per heavy atom. The number of nitrogens with zero attached hydrogens (tertiary/aromatic N) is 5. The average molecular weight is 744 g/mol. The van der Waals surface area contributed by atoms with E-state index < -0.39 is 11.3 Å². The predicted molar refractivity (Wildman–Crippen MR) is 202 cm³/mol. The van der Waals surface area contributed by atoms with Gasteiger partial charge in [0.15, 0.2) is 5.17 Å². The molecule has 51 heavy (non-hydrogen) atoms. The topological polar surface area (TPSA) is 107 Å². The summed E-state index contributed by atoms with van der Waals surface area (Å²) < 4.78 is 5.48. The summed E-state index contributed by atoms with van der Waals surface area (Å²) in [6.07, 6.45) is 3.01. The van der Waals surface area contributed by atoms with E-state index in [9.17, 15) is 14.4 Å². The van der Waals surface area contributed by atoms with Crippen LogP contribution < -0.4 is 10.2 Å². The van der Waals surface area contributed by atoms with Gasteiger partial charge in [-0.05, 0) is 84.6 Å². The molecule has 0 radical (unpaired) electrons. The maximum atomic E-state index is 13.9. The quantitative estimate of drug-likeness (QED) is 0.199. The first-order valence-corrected chi connectivity index (χ1v) is 18.5. The molecule has 3 saturated heterocycles. The number of carbonyl (C=O) groups excluding carboxylic acids is 3. The number of halogens is 2. The zero-order valence-corrected chi connectivity index (χ0v) is 30.0. The SMILES string of the molecule is O=C(Nc1ccc(C2SC(=Nc3ccc(N4CCOCC4)cc3)N(Cc3ccccn3)C2=O)cc1)[C@H]1CCCN1C(=O)Cc1c(Cl)cccc1Cl. The first kappa shape index (κ1) is 35.0. The normalized spacial score (nSPS) is 19.9. The van der Waals surface area contributed by atoms with E-state index in [0.29, 0.717) is 59.2 Å². The lowest BCUT2D eigenvalue weighted by molar-refractivity contribution is -0.136. The molecule has 3 amide bonds. The van der Waals surface area contributed by atoms with Crippen molar-refractivity contribution in [2.24, 2.45) is 4.99 Å². The van der Waals surface area contributed by atoms with Crippen molar-refractivity contribution >= 4 is 74.9 Å². The van der Waals surface area contributed by atoms with E-state index in [-0.39, 0.29) is 24.1 Å². The molecule has 1 N–H and O–H groups in total. The van der Waals surface area contributed by atoms with Crippen molar-refractivity contribution in [3.05, 3.63) is 118 Å². The molecule has 3 aromatic carbocycles. The maximum absolute atomic E-state index is 13.9. The molecule has 7 rings (SSSR count). The molecule has 3 fully saturated rings. The molecule has 1 aromatic heterocycles. The second kappa shape index (κ2) is 15.9. The Morgan fingerprint density at radius 2 is 1.67 bits per heavy atom. The number of likely N-dealkylation sites (tertiary alicyclic amines) is 1. The first-order valence-electron chi connectivity index (χ1n) is 16.9. The van der Waals surface area contributed by atoms with Crippen LogP contribution in [0.15, 0.2) is 96.1 Å². The zero-order valence-electron chi connectivity index (χ0n) is 27.7. The van der Waals surface area contributed by atoms with Gasteiger partial charge < -0.3 is 19.9 Å². The van der Waals surface area contributed by atoms with Crippen LogP contribution in [0.2, 0.25) is 10.0 Å². The van der Waals surface area contributed by atoms with Gasteiger partial charge in [-0.3, -0.25) is 24.3 Å². The van der Waals surface area contributed by atoms with E-state index in [1.807, 2.05) is 42.5 Å². The van der Waals surface area contributed by atoms with Crippen LogP contribution in [0.3, 0.4) is 0 Å². The Kier molecular flexibility index (Phi) is 10.9. The van der Waals surface area contributed by atoms with Gasteiger partial charge in [0.05, 0.1) is 37.6 Å². The molecular formula is C38H36Cl2N6O4S. The van der Waals surface area contributed by atoms with Crippen molar-refractivity contribution in [3.63, 3.8) is 0 Å². The minimum absolute atomic E-state index is 0.0203. The Balaban J connectivity index is 1.04. The highest BCUT2D eigenvalue weighted by Crippen LogP contribution is 2.41. The Morgan fingerprint density at radius 3 is 2.37 bits per heavy atom. The van der Waals surface area contributed by atoms with Gasteiger partial charge in [0.25, 0.3) is 0 Å². The molecule has 2 atom stereocenters. The van der Waals surface area contributed by atoms with Crippen LogP contribution in [0, 0.1) is 0 Å². The van der Waals surface area contributed by atoms with E-state index in [0.717, 1.165) is 42.1 Å². The number of hydrogen-bond acceptors (Lipinski definition) is 8. The van der Waals surface area contributed by atoms with Crippen molar-refractivity contribution in [1.29, 1.82) is 0 Å². The van der Waals surface area contributed by atoms with E-state index in [4.69, 9.17) is 32.9 Å². The average Bonchev–Trinajstić information content (AvgIpc) is 3.77. The number of morpholine rings is 1. The fourth-order valence-electron chi connectivity index (χ4n) is 6.48. The highest BCUT2D eigenvalue weighted by atomic mass is 35.5. The minimum atomic E-state index is -0.604. The second-order valence-corrected chi connectivity index (χ2v) is 14.4. The molecule has 13 heteroatoms. The molecule has 0 bridgehead atoms. The van der Waals surface area contributed by atoms with E-state index >= 15 is 0 Å². The van der Waals surface area contributed by atoms with Crippen LogP contribution in [0.5, 0.6) is 0 Å². The van der Waals surface area contributed by atoms with Gasteiger partial charge in [0.2, 0.25) is 17.7 Å². The molecular weight excluding hydrogens is 707 g/mol. The van der Waals surface area contributed by atoms with Crippen LogP contribution in [-0.2, 0) is 32.1 Å². The van der Waals surface area contributed by atoms with Crippen molar-refractivity contribution < 1.29 is 19.1 Å². The van der Waals surface area contributed by atoms with E-state index in [1.165, 1.54) is 11.8 Å². The Labute approximate surface area is 310 Å². The smallest absolute Gasteiger partial charge is 0.247 e. The summed E-state index contributed by atoms with van der Waals surface area (Å²) >= 11 is 14.0. The molecule has 0 saturated carbocycles. The third-order valence-corrected chi connectivity index (χ3v) is 11.1. The number of amidine groups is 1.